The molecule has 7 heteroatoms. The van der Waals surface area contributed by atoms with Crippen LogP contribution in [0, 0.1) is 0 Å². The van der Waals surface area contributed by atoms with Crippen molar-refractivity contribution in [2.45, 2.75) is 13.8 Å². The first-order valence-electron chi connectivity index (χ1n) is 6.10. The minimum Gasteiger partial charge on any atom is -0.478 e. The Kier molecular flexibility index (Phi) is 2.87. The second-order valence-corrected chi connectivity index (χ2v) is 5.69. The number of carboxylic acid groups (broad SMARTS) is 1. The van der Waals surface area contributed by atoms with Crippen LogP contribution in [-0.2, 0) is 9.59 Å². The van der Waals surface area contributed by atoms with Gasteiger partial charge in [-0.2, -0.15) is 0 Å². The Hall–Kier alpha value is -2.54. The van der Waals surface area contributed by atoms with Crippen LogP contribution in [0.15, 0.2) is 29.3 Å². The molecule has 2 aromatic rings. The van der Waals surface area contributed by atoms with Crippen molar-refractivity contribution in [3.05, 3.63) is 34.9 Å². The number of aromatic nitrogens is 1. The quantitative estimate of drug-likeness (QED) is 0.859. The first-order valence-corrected chi connectivity index (χ1v) is 6.92. The van der Waals surface area contributed by atoms with Crippen molar-refractivity contribution in [3.8, 4) is 0 Å². The summed E-state index contributed by atoms with van der Waals surface area (Å²) in [5, 5.41) is 9.24. The number of aromatic carboxylic acids is 1. The molecular weight excluding hydrogens is 292 g/mol. The van der Waals surface area contributed by atoms with E-state index in [1.54, 1.807) is 19.9 Å². The Balaban J connectivity index is 2.09. The van der Waals surface area contributed by atoms with Gasteiger partial charge < -0.3 is 5.11 Å². The lowest BCUT2D eigenvalue weighted by atomic mass is 10.2. The molecule has 0 radical (unpaired) electrons. The van der Waals surface area contributed by atoms with E-state index in [0.717, 1.165) is 16.2 Å². The molecule has 0 saturated carbocycles. The van der Waals surface area contributed by atoms with E-state index in [1.165, 1.54) is 12.1 Å². The standard InChI is InChI=1S/C14H10N2O4S/c1-6-7(2)12(18)16(11(6)17)14-15-9-4-3-8(13(19)20)5-10(9)21-14/h3-5H,1-2H3,(H,19,20). The van der Waals surface area contributed by atoms with Crippen molar-refractivity contribution < 1.29 is 19.5 Å². The lowest BCUT2D eigenvalue weighted by Crippen LogP contribution is -2.31. The molecule has 1 aliphatic rings. The number of amides is 2. The fourth-order valence-corrected chi connectivity index (χ4v) is 3.07. The minimum absolute atomic E-state index is 0.141. The summed E-state index contributed by atoms with van der Waals surface area (Å²) < 4.78 is 0.618. The van der Waals surface area contributed by atoms with Gasteiger partial charge in [-0.3, -0.25) is 9.59 Å². The zero-order chi connectivity index (χ0) is 15.3. The van der Waals surface area contributed by atoms with Crippen LogP contribution in [-0.4, -0.2) is 27.9 Å². The number of carbonyl (C=O) groups excluding carboxylic acids is 2. The first-order chi connectivity index (χ1) is 9.90. The van der Waals surface area contributed by atoms with Crippen LogP contribution in [0.3, 0.4) is 0 Å². The van der Waals surface area contributed by atoms with E-state index in [4.69, 9.17) is 5.11 Å². The molecule has 0 aliphatic carbocycles. The van der Waals surface area contributed by atoms with Gasteiger partial charge in [-0.15, -0.1) is 0 Å². The topological polar surface area (TPSA) is 87.6 Å². The Morgan fingerprint density at radius 2 is 1.81 bits per heavy atom. The fraction of sp³-hybridized carbons (Fsp3) is 0.143. The van der Waals surface area contributed by atoms with E-state index in [0.29, 0.717) is 21.4 Å². The highest BCUT2D eigenvalue weighted by molar-refractivity contribution is 7.22. The number of carboxylic acids is 1. The smallest absolute Gasteiger partial charge is 0.335 e. The van der Waals surface area contributed by atoms with Crippen LogP contribution in [0.1, 0.15) is 24.2 Å². The number of anilines is 1. The molecule has 1 aromatic carbocycles. The van der Waals surface area contributed by atoms with Gasteiger partial charge in [0.25, 0.3) is 11.8 Å². The van der Waals surface area contributed by atoms with E-state index < -0.39 is 5.97 Å². The molecule has 21 heavy (non-hydrogen) atoms. The third-order valence-corrected chi connectivity index (χ3v) is 4.43. The highest BCUT2D eigenvalue weighted by atomic mass is 32.1. The number of rotatable bonds is 2. The molecule has 2 amide bonds. The van der Waals surface area contributed by atoms with E-state index in [2.05, 4.69) is 4.98 Å². The number of carbonyl (C=O) groups is 3. The highest BCUT2D eigenvalue weighted by Crippen LogP contribution is 2.33. The Bertz CT molecular complexity index is 826. The fourth-order valence-electron chi connectivity index (χ4n) is 2.06. The van der Waals surface area contributed by atoms with Gasteiger partial charge in [0.2, 0.25) is 5.13 Å². The van der Waals surface area contributed by atoms with Gasteiger partial charge in [-0.05, 0) is 32.0 Å². The third kappa shape index (κ3) is 1.93. The van der Waals surface area contributed by atoms with Crippen molar-refractivity contribution in [3.63, 3.8) is 0 Å². The molecule has 0 unspecified atom stereocenters. The largest absolute Gasteiger partial charge is 0.478 e. The molecule has 6 nitrogen and oxygen atoms in total. The predicted molar refractivity (Wildman–Crippen MR) is 77.4 cm³/mol. The third-order valence-electron chi connectivity index (χ3n) is 3.43. The first kappa shape index (κ1) is 13.4. The molecule has 1 N–H and O–H groups in total. The van der Waals surface area contributed by atoms with Crippen LogP contribution >= 0.6 is 11.3 Å². The Labute approximate surface area is 123 Å². The molecule has 106 valence electrons. The maximum absolute atomic E-state index is 12.1. The summed E-state index contributed by atoms with van der Waals surface area (Å²) in [6.07, 6.45) is 0. The van der Waals surface area contributed by atoms with Crippen molar-refractivity contribution in [1.29, 1.82) is 0 Å². The summed E-state index contributed by atoms with van der Waals surface area (Å²) >= 11 is 1.12. The van der Waals surface area contributed by atoms with Gasteiger partial charge in [0.05, 0.1) is 15.8 Å². The van der Waals surface area contributed by atoms with Gasteiger partial charge >= 0.3 is 5.97 Å². The maximum Gasteiger partial charge on any atom is 0.335 e. The summed E-state index contributed by atoms with van der Waals surface area (Å²) in [4.78, 5) is 40.4. The monoisotopic (exact) mass is 302 g/mol. The molecule has 2 heterocycles. The second kappa shape index (κ2) is 4.49. The zero-order valence-corrected chi connectivity index (χ0v) is 12.0. The molecule has 0 bridgehead atoms. The number of hydrogen-bond acceptors (Lipinski definition) is 5. The lowest BCUT2D eigenvalue weighted by Gasteiger charge is -2.09. The van der Waals surface area contributed by atoms with Gasteiger partial charge in [0, 0.05) is 11.1 Å². The summed E-state index contributed by atoms with van der Waals surface area (Å²) in [6.45, 7) is 3.21. The molecular formula is C14H10N2O4S. The van der Waals surface area contributed by atoms with Gasteiger partial charge in [-0.1, -0.05) is 11.3 Å². The average Bonchev–Trinajstić information content (AvgIpc) is 2.94. The molecule has 0 spiro atoms. The average molecular weight is 302 g/mol. The van der Waals surface area contributed by atoms with Gasteiger partial charge in [0.1, 0.15) is 0 Å². The normalized spacial score (nSPS) is 15.4. The molecule has 3 rings (SSSR count). The number of imide groups is 1. The number of fused-ring (bicyclic) bond motifs is 1. The highest BCUT2D eigenvalue weighted by Gasteiger charge is 2.36. The SMILES string of the molecule is CC1=C(C)C(=O)N(c2nc3ccc(C(=O)O)cc3s2)C1=O. The molecule has 0 fully saturated rings. The summed E-state index contributed by atoms with van der Waals surface area (Å²) in [7, 11) is 0. The zero-order valence-electron chi connectivity index (χ0n) is 11.2. The Morgan fingerprint density at radius 3 is 2.38 bits per heavy atom. The number of benzene rings is 1. The summed E-state index contributed by atoms with van der Waals surface area (Å²) in [5.74, 6) is -1.79. The van der Waals surface area contributed by atoms with Crippen LogP contribution in [0.2, 0.25) is 0 Å². The van der Waals surface area contributed by atoms with Gasteiger partial charge in [0.15, 0.2) is 0 Å². The predicted octanol–water partition coefficient (Wildman–Crippen LogP) is 2.20. The lowest BCUT2D eigenvalue weighted by molar-refractivity contribution is -0.120. The summed E-state index contributed by atoms with van der Waals surface area (Å²) in [5.41, 5.74) is 1.51. The van der Waals surface area contributed by atoms with Crippen LogP contribution < -0.4 is 4.90 Å². The van der Waals surface area contributed by atoms with E-state index in [-0.39, 0.29) is 22.5 Å². The van der Waals surface area contributed by atoms with Crippen LogP contribution in [0.5, 0.6) is 0 Å². The van der Waals surface area contributed by atoms with E-state index in [9.17, 15) is 14.4 Å². The van der Waals surface area contributed by atoms with Crippen molar-refractivity contribution in [1.82, 2.24) is 4.98 Å². The van der Waals surface area contributed by atoms with Crippen molar-refractivity contribution in [2.75, 3.05) is 4.90 Å². The van der Waals surface area contributed by atoms with Crippen molar-refractivity contribution in [2.24, 2.45) is 0 Å². The molecule has 1 aromatic heterocycles. The number of nitrogens with zero attached hydrogens (tertiary/aromatic N) is 2. The Morgan fingerprint density at radius 1 is 1.19 bits per heavy atom. The number of thiazole rings is 1. The van der Waals surface area contributed by atoms with Gasteiger partial charge in [-0.25, -0.2) is 14.7 Å². The molecule has 0 atom stereocenters. The minimum atomic E-state index is -1.03. The molecule has 0 saturated heterocycles. The second-order valence-electron chi connectivity index (χ2n) is 4.68. The van der Waals surface area contributed by atoms with E-state index >= 15 is 0 Å². The maximum atomic E-state index is 12.1. The molecule has 1 aliphatic heterocycles. The summed E-state index contributed by atoms with van der Waals surface area (Å²) in [6, 6.07) is 4.49. The van der Waals surface area contributed by atoms with Crippen LogP contribution in [0.25, 0.3) is 10.2 Å². The van der Waals surface area contributed by atoms with E-state index in [1.807, 2.05) is 0 Å². The number of hydrogen-bond donors (Lipinski definition) is 1. The van der Waals surface area contributed by atoms with Crippen molar-refractivity contribution >= 4 is 44.5 Å². The van der Waals surface area contributed by atoms with Crippen LogP contribution in [0.4, 0.5) is 5.13 Å².